The molecule has 12 heavy (non-hydrogen) atoms. The number of piperidine rings is 1. The van der Waals surface area contributed by atoms with Gasteiger partial charge in [-0.15, -0.1) is 0 Å². The van der Waals surface area contributed by atoms with Crippen molar-refractivity contribution < 1.29 is 9.90 Å². The Morgan fingerprint density at radius 1 is 1.08 bits per heavy atom. The van der Waals surface area contributed by atoms with Gasteiger partial charge in [-0.2, -0.15) is 0 Å². The molecule has 1 aliphatic carbocycles. The molecule has 3 heteroatoms. The fourth-order valence-corrected chi connectivity index (χ4v) is 1.88. The van der Waals surface area contributed by atoms with Crippen LogP contribution in [-0.2, 0) is 4.79 Å². The maximum atomic E-state index is 8.36. The van der Waals surface area contributed by atoms with Crippen molar-refractivity contribution in [2.24, 2.45) is 11.8 Å². The van der Waals surface area contributed by atoms with Crippen molar-refractivity contribution in [2.45, 2.75) is 25.7 Å². The fourth-order valence-electron chi connectivity index (χ4n) is 1.88. The molecule has 1 aliphatic heterocycles. The monoisotopic (exact) mass is 171 g/mol. The minimum Gasteiger partial charge on any atom is -0.483 e. The smallest absolute Gasteiger partial charge is 0.290 e. The van der Waals surface area contributed by atoms with Gasteiger partial charge in [0.05, 0.1) is 0 Å². The summed E-state index contributed by atoms with van der Waals surface area (Å²) in [6, 6.07) is 0. The summed E-state index contributed by atoms with van der Waals surface area (Å²) in [5.41, 5.74) is 0. The van der Waals surface area contributed by atoms with Crippen LogP contribution in [-0.4, -0.2) is 24.7 Å². The lowest BCUT2D eigenvalue weighted by molar-refractivity contribution is -0.122. The van der Waals surface area contributed by atoms with E-state index in [1.807, 2.05) is 0 Å². The maximum absolute atomic E-state index is 8.36. The van der Waals surface area contributed by atoms with Gasteiger partial charge in [-0.05, 0) is 50.6 Å². The summed E-state index contributed by atoms with van der Waals surface area (Å²) in [6.45, 7) is 2.31. The van der Waals surface area contributed by atoms with Crippen LogP contribution in [0.4, 0.5) is 0 Å². The van der Waals surface area contributed by atoms with Gasteiger partial charge in [0.25, 0.3) is 6.47 Å². The minimum absolute atomic E-state index is 0.250. The highest BCUT2D eigenvalue weighted by Crippen LogP contribution is 2.40. The molecule has 2 N–H and O–H groups in total. The highest BCUT2D eigenvalue weighted by molar-refractivity contribution is 5.32. The second-order valence-corrected chi connectivity index (χ2v) is 3.53. The van der Waals surface area contributed by atoms with Crippen molar-refractivity contribution in [1.29, 1.82) is 0 Å². The van der Waals surface area contributed by atoms with E-state index in [1.165, 1.54) is 38.8 Å². The molecule has 0 aromatic heterocycles. The van der Waals surface area contributed by atoms with Gasteiger partial charge in [0, 0.05) is 0 Å². The van der Waals surface area contributed by atoms with Gasteiger partial charge >= 0.3 is 0 Å². The number of carboxylic acid groups (broad SMARTS) is 1. The van der Waals surface area contributed by atoms with Crippen LogP contribution in [0.2, 0.25) is 0 Å². The average molecular weight is 171 g/mol. The van der Waals surface area contributed by atoms with E-state index in [-0.39, 0.29) is 6.47 Å². The zero-order valence-electron chi connectivity index (χ0n) is 7.33. The van der Waals surface area contributed by atoms with E-state index >= 15 is 0 Å². The summed E-state index contributed by atoms with van der Waals surface area (Å²) in [4.78, 5) is 8.36. The Morgan fingerprint density at radius 3 is 1.92 bits per heavy atom. The van der Waals surface area contributed by atoms with Crippen LogP contribution in [0.1, 0.15) is 25.7 Å². The SMILES string of the molecule is C1CC(C2CC2)CCN1.O=CO. The molecule has 3 nitrogen and oxygen atoms in total. The largest absolute Gasteiger partial charge is 0.483 e. The normalized spacial score (nSPS) is 24.0. The van der Waals surface area contributed by atoms with Gasteiger partial charge in [-0.25, -0.2) is 0 Å². The Bertz CT molecular complexity index is 128. The molecule has 2 fully saturated rings. The number of hydrogen-bond acceptors (Lipinski definition) is 2. The van der Waals surface area contributed by atoms with Crippen LogP contribution < -0.4 is 5.32 Å². The van der Waals surface area contributed by atoms with Crippen molar-refractivity contribution in [3.63, 3.8) is 0 Å². The third-order valence-electron chi connectivity index (χ3n) is 2.67. The lowest BCUT2D eigenvalue weighted by Gasteiger charge is -2.21. The van der Waals surface area contributed by atoms with E-state index in [2.05, 4.69) is 5.32 Å². The van der Waals surface area contributed by atoms with Gasteiger partial charge in [0.1, 0.15) is 0 Å². The zero-order chi connectivity index (χ0) is 8.81. The summed E-state index contributed by atoms with van der Waals surface area (Å²) >= 11 is 0. The van der Waals surface area contributed by atoms with Crippen molar-refractivity contribution in [3.8, 4) is 0 Å². The van der Waals surface area contributed by atoms with E-state index in [1.54, 1.807) is 0 Å². The minimum atomic E-state index is -0.250. The van der Waals surface area contributed by atoms with Crippen LogP contribution in [0, 0.1) is 11.8 Å². The number of rotatable bonds is 1. The van der Waals surface area contributed by atoms with Crippen LogP contribution >= 0.6 is 0 Å². The Balaban J connectivity index is 0.000000213. The first-order valence-electron chi connectivity index (χ1n) is 4.67. The molecule has 0 unspecified atom stereocenters. The van der Waals surface area contributed by atoms with E-state index < -0.39 is 0 Å². The molecular formula is C9H17NO2. The molecule has 2 rings (SSSR count). The molecule has 0 aromatic carbocycles. The molecule has 70 valence electrons. The van der Waals surface area contributed by atoms with Crippen molar-refractivity contribution >= 4 is 6.47 Å². The number of nitrogens with one attached hydrogen (secondary N) is 1. The number of carbonyl (C=O) groups is 1. The molecule has 1 saturated heterocycles. The summed E-state index contributed by atoms with van der Waals surface area (Å²) in [5, 5.41) is 10.3. The predicted molar refractivity (Wildman–Crippen MR) is 47.0 cm³/mol. The van der Waals surface area contributed by atoms with Crippen LogP contribution in [0.5, 0.6) is 0 Å². The summed E-state index contributed by atoms with van der Waals surface area (Å²) < 4.78 is 0. The fraction of sp³-hybridized carbons (Fsp3) is 0.889. The topological polar surface area (TPSA) is 49.3 Å². The van der Waals surface area contributed by atoms with Gasteiger partial charge in [0.2, 0.25) is 0 Å². The second-order valence-electron chi connectivity index (χ2n) is 3.53. The lowest BCUT2D eigenvalue weighted by Crippen LogP contribution is -2.28. The summed E-state index contributed by atoms with van der Waals surface area (Å²) in [7, 11) is 0. The van der Waals surface area contributed by atoms with Gasteiger partial charge in [-0.3, -0.25) is 4.79 Å². The quantitative estimate of drug-likeness (QED) is 0.581. The van der Waals surface area contributed by atoms with Crippen LogP contribution in [0.3, 0.4) is 0 Å². The summed E-state index contributed by atoms with van der Waals surface area (Å²) in [5.74, 6) is 2.25. The third kappa shape index (κ3) is 3.22. The van der Waals surface area contributed by atoms with Gasteiger partial charge in [0.15, 0.2) is 0 Å². The number of hydrogen-bond donors (Lipinski definition) is 2. The second kappa shape index (κ2) is 5.14. The molecule has 1 heterocycles. The molecule has 0 bridgehead atoms. The first-order valence-corrected chi connectivity index (χ1v) is 4.67. The molecule has 0 radical (unpaired) electrons. The Labute approximate surface area is 73.2 Å². The molecular weight excluding hydrogens is 154 g/mol. The van der Waals surface area contributed by atoms with Gasteiger partial charge in [-0.1, -0.05) is 0 Å². The standard InChI is InChI=1S/C8H15N.CH2O2/c1-2-7(1)8-3-5-9-6-4-8;2-1-3/h7-9H,1-6H2;1H,(H,2,3). The van der Waals surface area contributed by atoms with E-state index in [4.69, 9.17) is 9.90 Å². The van der Waals surface area contributed by atoms with E-state index in [9.17, 15) is 0 Å². The Kier molecular flexibility index (Phi) is 4.08. The van der Waals surface area contributed by atoms with Crippen molar-refractivity contribution in [3.05, 3.63) is 0 Å². The van der Waals surface area contributed by atoms with Crippen molar-refractivity contribution in [1.82, 2.24) is 5.32 Å². The molecule has 0 atom stereocenters. The maximum Gasteiger partial charge on any atom is 0.290 e. The third-order valence-corrected chi connectivity index (χ3v) is 2.67. The molecule has 0 amide bonds. The summed E-state index contributed by atoms with van der Waals surface area (Å²) in [6.07, 6.45) is 5.96. The van der Waals surface area contributed by atoms with E-state index in [0.717, 1.165) is 11.8 Å². The van der Waals surface area contributed by atoms with E-state index in [0.29, 0.717) is 0 Å². The molecule has 0 aromatic rings. The first-order chi connectivity index (χ1) is 5.88. The van der Waals surface area contributed by atoms with Crippen molar-refractivity contribution in [2.75, 3.05) is 13.1 Å². The zero-order valence-corrected chi connectivity index (χ0v) is 7.33. The Morgan fingerprint density at radius 2 is 1.50 bits per heavy atom. The average Bonchev–Trinajstić information content (AvgIpc) is 2.90. The highest BCUT2D eigenvalue weighted by Gasteiger charge is 2.31. The van der Waals surface area contributed by atoms with Crippen LogP contribution in [0.15, 0.2) is 0 Å². The van der Waals surface area contributed by atoms with Crippen LogP contribution in [0.25, 0.3) is 0 Å². The van der Waals surface area contributed by atoms with Gasteiger partial charge < -0.3 is 10.4 Å². The highest BCUT2D eigenvalue weighted by atomic mass is 16.3. The first kappa shape index (κ1) is 9.52. The molecule has 1 saturated carbocycles. The molecule has 0 spiro atoms. The predicted octanol–water partition coefficient (Wildman–Crippen LogP) is 1.10. The molecule has 2 aliphatic rings. The Hall–Kier alpha value is -0.570. The lowest BCUT2D eigenvalue weighted by atomic mass is 9.93.